The molecule has 0 aliphatic carbocycles. The minimum Gasteiger partial charge on any atom is -0.381 e. The Morgan fingerprint density at radius 3 is 2.72 bits per heavy atom. The lowest BCUT2D eigenvalue weighted by molar-refractivity contribution is 0.128. The van der Waals surface area contributed by atoms with Crippen LogP contribution in [-0.2, 0) is 17.8 Å². The highest BCUT2D eigenvalue weighted by Crippen LogP contribution is 2.02. The maximum Gasteiger partial charge on any atom is 0.165 e. The van der Waals surface area contributed by atoms with Gasteiger partial charge in [-0.15, -0.1) is 5.10 Å². The van der Waals surface area contributed by atoms with Crippen LogP contribution in [0.5, 0.6) is 0 Å². The van der Waals surface area contributed by atoms with Crippen molar-refractivity contribution in [2.45, 2.75) is 59.2 Å². The van der Waals surface area contributed by atoms with Crippen LogP contribution in [0, 0.1) is 0 Å². The second-order valence-corrected chi connectivity index (χ2v) is 5.39. The largest absolute Gasteiger partial charge is 0.381 e. The van der Waals surface area contributed by atoms with E-state index in [4.69, 9.17) is 4.74 Å². The van der Waals surface area contributed by atoms with Crippen LogP contribution in [0.4, 0.5) is 0 Å². The molecule has 0 atom stereocenters. The van der Waals surface area contributed by atoms with Crippen molar-refractivity contribution in [2.75, 3.05) is 13.2 Å². The smallest absolute Gasteiger partial charge is 0.165 e. The van der Waals surface area contributed by atoms with Gasteiger partial charge >= 0.3 is 0 Å². The van der Waals surface area contributed by atoms with Crippen molar-refractivity contribution < 1.29 is 4.74 Å². The molecule has 1 heterocycles. The fourth-order valence-electron chi connectivity index (χ4n) is 1.43. The van der Waals surface area contributed by atoms with Gasteiger partial charge in [0.25, 0.3) is 0 Å². The van der Waals surface area contributed by atoms with Crippen LogP contribution in [-0.4, -0.2) is 39.0 Å². The van der Waals surface area contributed by atoms with Crippen LogP contribution >= 0.6 is 0 Å². The van der Waals surface area contributed by atoms with E-state index in [9.17, 15) is 0 Å². The molecular weight excluding hydrogens is 230 g/mol. The highest BCUT2D eigenvalue weighted by molar-refractivity contribution is 4.83. The molecule has 0 aliphatic heterocycles. The molecule has 1 N–H and O–H groups in total. The normalized spacial score (nSPS) is 12.0. The molecule has 0 amide bonds. The van der Waals surface area contributed by atoms with Crippen molar-refractivity contribution in [3.05, 3.63) is 5.82 Å². The van der Waals surface area contributed by atoms with E-state index in [1.165, 1.54) is 0 Å². The van der Waals surface area contributed by atoms with Crippen molar-refractivity contribution in [3.8, 4) is 0 Å². The average Bonchev–Trinajstić information content (AvgIpc) is 2.73. The zero-order valence-corrected chi connectivity index (χ0v) is 11.9. The SMILES string of the molecule is CCCOCCCn1nnnc1CNC(C)(C)C. The van der Waals surface area contributed by atoms with Crippen molar-refractivity contribution >= 4 is 0 Å². The fourth-order valence-corrected chi connectivity index (χ4v) is 1.43. The number of hydrogen-bond acceptors (Lipinski definition) is 5. The molecule has 0 aliphatic rings. The van der Waals surface area contributed by atoms with Gasteiger partial charge in [0.1, 0.15) is 0 Å². The van der Waals surface area contributed by atoms with Crippen LogP contribution in [0.3, 0.4) is 0 Å². The lowest BCUT2D eigenvalue weighted by Gasteiger charge is -2.19. The van der Waals surface area contributed by atoms with Gasteiger partial charge in [-0.05, 0) is 44.0 Å². The second kappa shape index (κ2) is 7.43. The first-order valence-electron chi connectivity index (χ1n) is 6.61. The highest BCUT2D eigenvalue weighted by atomic mass is 16.5. The number of nitrogens with one attached hydrogen (secondary N) is 1. The van der Waals surface area contributed by atoms with E-state index in [1.807, 2.05) is 4.68 Å². The Morgan fingerprint density at radius 2 is 2.06 bits per heavy atom. The average molecular weight is 255 g/mol. The summed E-state index contributed by atoms with van der Waals surface area (Å²) in [5.74, 6) is 0.875. The van der Waals surface area contributed by atoms with Gasteiger partial charge in [-0.2, -0.15) is 0 Å². The zero-order valence-electron chi connectivity index (χ0n) is 11.9. The van der Waals surface area contributed by atoms with E-state index in [0.717, 1.165) is 38.4 Å². The maximum atomic E-state index is 5.44. The van der Waals surface area contributed by atoms with Gasteiger partial charge in [-0.3, -0.25) is 0 Å². The lowest BCUT2D eigenvalue weighted by atomic mass is 10.1. The summed E-state index contributed by atoms with van der Waals surface area (Å²) >= 11 is 0. The topological polar surface area (TPSA) is 64.9 Å². The van der Waals surface area contributed by atoms with Crippen molar-refractivity contribution in [1.82, 2.24) is 25.5 Å². The Labute approximate surface area is 109 Å². The number of hydrogen-bond donors (Lipinski definition) is 1. The predicted molar refractivity (Wildman–Crippen MR) is 70.1 cm³/mol. The van der Waals surface area contributed by atoms with E-state index in [2.05, 4.69) is 48.5 Å². The molecule has 104 valence electrons. The second-order valence-electron chi connectivity index (χ2n) is 5.39. The summed E-state index contributed by atoms with van der Waals surface area (Å²) in [4.78, 5) is 0. The van der Waals surface area contributed by atoms with Gasteiger partial charge < -0.3 is 10.1 Å². The third-order valence-corrected chi connectivity index (χ3v) is 2.39. The summed E-state index contributed by atoms with van der Waals surface area (Å²) in [5, 5.41) is 15.1. The quantitative estimate of drug-likeness (QED) is 0.711. The summed E-state index contributed by atoms with van der Waals surface area (Å²) in [5.41, 5.74) is 0.0705. The third-order valence-electron chi connectivity index (χ3n) is 2.39. The van der Waals surface area contributed by atoms with Crippen molar-refractivity contribution in [1.29, 1.82) is 0 Å². The molecule has 0 unspecified atom stereocenters. The molecule has 0 spiro atoms. The zero-order chi connectivity index (χ0) is 13.4. The Kier molecular flexibility index (Phi) is 6.21. The van der Waals surface area contributed by atoms with E-state index in [1.54, 1.807) is 0 Å². The maximum absolute atomic E-state index is 5.44. The van der Waals surface area contributed by atoms with Gasteiger partial charge in [-0.25, -0.2) is 4.68 Å². The first-order chi connectivity index (χ1) is 8.53. The number of aromatic nitrogens is 4. The highest BCUT2D eigenvalue weighted by Gasteiger charge is 2.12. The molecule has 18 heavy (non-hydrogen) atoms. The molecule has 0 bridgehead atoms. The van der Waals surface area contributed by atoms with Crippen LogP contribution in [0.2, 0.25) is 0 Å². The molecule has 0 aromatic carbocycles. The van der Waals surface area contributed by atoms with Gasteiger partial charge in [0, 0.05) is 25.3 Å². The first kappa shape index (κ1) is 15.0. The predicted octanol–water partition coefficient (Wildman–Crippen LogP) is 1.38. The summed E-state index contributed by atoms with van der Waals surface area (Å²) in [6.07, 6.45) is 2.00. The Hall–Kier alpha value is -1.01. The van der Waals surface area contributed by atoms with Crippen LogP contribution in [0.25, 0.3) is 0 Å². The van der Waals surface area contributed by atoms with E-state index >= 15 is 0 Å². The molecule has 0 fully saturated rings. The van der Waals surface area contributed by atoms with Crippen LogP contribution < -0.4 is 5.32 Å². The number of rotatable bonds is 8. The molecule has 6 heteroatoms. The molecule has 0 saturated carbocycles. The number of ether oxygens (including phenoxy) is 1. The first-order valence-corrected chi connectivity index (χ1v) is 6.61. The van der Waals surface area contributed by atoms with Crippen molar-refractivity contribution in [3.63, 3.8) is 0 Å². The minimum atomic E-state index is 0.0705. The molecular formula is C12H25N5O. The van der Waals surface area contributed by atoms with E-state index in [0.29, 0.717) is 6.54 Å². The fraction of sp³-hybridized carbons (Fsp3) is 0.917. The van der Waals surface area contributed by atoms with Crippen LogP contribution in [0.15, 0.2) is 0 Å². The number of tetrazole rings is 1. The molecule has 1 aromatic heterocycles. The Balaban J connectivity index is 2.31. The molecule has 6 nitrogen and oxygen atoms in total. The lowest BCUT2D eigenvalue weighted by Crippen LogP contribution is -2.36. The number of nitrogens with zero attached hydrogens (tertiary/aromatic N) is 4. The number of aryl methyl sites for hydroxylation is 1. The molecule has 1 rings (SSSR count). The molecule has 0 saturated heterocycles. The van der Waals surface area contributed by atoms with Crippen LogP contribution in [0.1, 0.15) is 46.4 Å². The van der Waals surface area contributed by atoms with Gasteiger partial charge in [0.05, 0.1) is 6.54 Å². The summed E-state index contributed by atoms with van der Waals surface area (Å²) in [7, 11) is 0. The minimum absolute atomic E-state index is 0.0705. The Bertz CT molecular complexity index is 331. The monoisotopic (exact) mass is 255 g/mol. The third kappa shape index (κ3) is 6.07. The summed E-state index contributed by atoms with van der Waals surface area (Å²) in [6, 6.07) is 0. The standard InChI is InChI=1S/C12H25N5O/c1-5-8-18-9-6-7-17-11(14-15-16-17)10-13-12(2,3)4/h13H,5-10H2,1-4H3. The van der Waals surface area contributed by atoms with Gasteiger partial charge in [0.2, 0.25) is 0 Å². The van der Waals surface area contributed by atoms with E-state index in [-0.39, 0.29) is 5.54 Å². The molecule has 1 aromatic rings. The van der Waals surface area contributed by atoms with E-state index < -0.39 is 0 Å². The molecule has 0 radical (unpaired) electrons. The summed E-state index contributed by atoms with van der Waals surface area (Å²) < 4.78 is 7.28. The summed E-state index contributed by atoms with van der Waals surface area (Å²) in [6.45, 7) is 11.6. The van der Waals surface area contributed by atoms with Gasteiger partial charge in [-0.1, -0.05) is 6.92 Å². The van der Waals surface area contributed by atoms with Gasteiger partial charge in [0.15, 0.2) is 5.82 Å². The van der Waals surface area contributed by atoms with Crippen molar-refractivity contribution in [2.24, 2.45) is 0 Å². The Morgan fingerprint density at radius 1 is 1.28 bits per heavy atom.